The fourth-order valence-electron chi connectivity index (χ4n) is 1.43. The van der Waals surface area contributed by atoms with Gasteiger partial charge in [0.1, 0.15) is 6.54 Å². The van der Waals surface area contributed by atoms with Crippen LogP contribution < -0.4 is 5.56 Å². The second-order valence-electron chi connectivity index (χ2n) is 3.41. The molecular formula is C9H9N3O3S. The average molecular weight is 239 g/mol. The van der Waals surface area contributed by atoms with Crippen LogP contribution in [0.25, 0.3) is 10.2 Å². The van der Waals surface area contributed by atoms with E-state index in [9.17, 15) is 9.59 Å². The fourth-order valence-corrected chi connectivity index (χ4v) is 2.39. The number of aliphatic carboxylic acids is 1. The third kappa shape index (κ3) is 1.58. The Kier molecular flexibility index (Phi) is 2.47. The second-order valence-corrected chi connectivity index (χ2v) is 4.61. The van der Waals surface area contributed by atoms with Crippen molar-refractivity contribution >= 4 is 27.5 Å². The summed E-state index contributed by atoms with van der Waals surface area (Å²) in [5.41, 5.74) is 0.452. The molecule has 0 aliphatic carbocycles. The number of thiophene rings is 1. The molecule has 0 amide bonds. The summed E-state index contributed by atoms with van der Waals surface area (Å²) < 4.78 is 0.865. The summed E-state index contributed by atoms with van der Waals surface area (Å²) in [6.45, 7) is 3.25. The minimum Gasteiger partial charge on any atom is -0.480 e. The van der Waals surface area contributed by atoms with E-state index in [0.29, 0.717) is 10.2 Å². The molecule has 0 fully saturated rings. The molecule has 6 nitrogen and oxygen atoms in total. The molecule has 0 aliphatic rings. The van der Waals surface area contributed by atoms with Gasteiger partial charge in [0.05, 0.1) is 5.39 Å². The summed E-state index contributed by atoms with van der Waals surface area (Å²) in [4.78, 5) is 24.0. The maximum Gasteiger partial charge on any atom is 0.325 e. The fraction of sp³-hybridized carbons (Fsp3) is 0.333. The lowest BCUT2D eigenvalue weighted by Crippen LogP contribution is -2.27. The van der Waals surface area contributed by atoms with Crippen molar-refractivity contribution < 1.29 is 9.90 Å². The van der Waals surface area contributed by atoms with Crippen molar-refractivity contribution in [3.8, 4) is 0 Å². The van der Waals surface area contributed by atoms with E-state index < -0.39 is 18.1 Å². The van der Waals surface area contributed by atoms with Gasteiger partial charge in [-0.1, -0.05) is 5.21 Å². The number of fused-ring (bicyclic) bond motifs is 1. The van der Waals surface area contributed by atoms with Crippen LogP contribution in [0.1, 0.15) is 10.4 Å². The molecule has 0 saturated carbocycles. The van der Waals surface area contributed by atoms with Crippen LogP contribution in [0.2, 0.25) is 0 Å². The highest BCUT2D eigenvalue weighted by molar-refractivity contribution is 7.18. The SMILES string of the molecule is Cc1sc2nnn(CC(=O)O)c(=O)c2c1C. The van der Waals surface area contributed by atoms with Crippen LogP contribution >= 0.6 is 11.3 Å². The Balaban J connectivity index is 2.73. The van der Waals surface area contributed by atoms with Gasteiger partial charge in [-0.25, -0.2) is 0 Å². The summed E-state index contributed by atoms with van der Waals surface area (Å²) in [6, 6.07) is 0. The van der Waals surface area contributed by atoms with Crippen molar-refractivity contribution in [2.24, 2.45) is 0 Å². The number of carboxylic acids is 1. The van der Waals surface area contributed by atoms with Crippen molar-refractivity contribution in [1.82, 2.24) is 15.0 Å². The van der Waals surface area contributed by atoms with E-state index in [-0.39, 0.29) is 0 Å². The van der Waals surface area contributed by atoms with Crippen LogP contribution in [0.5, 0.6) is 0 Å². The third-order valence-electron chi connectivity index (χ3n) is 2.34. The number of hydrogen-bond donors (Lipinski definition) is 1. The molecule has 7 heteroatoms. The Morgan fingerprint density at radius 1 is 1.50 bits per heavy atom. The number of aryl methyl sites for hydroxylation is 2. The molecule has 1 N–H and O–H groups in total. The normalized spacial score (nSPS) is 10.9. The van der Waals surface area contributed by atoms with E-state index in [1.165, 1.54) is 11.3 Å². The third-order valence-corrected chi connectivity index (χ3v) is 3.44. The van der Waals surface area contributed by atoms with E-state index in [2.05, 4.69) is 10.3 Å². The van der Waals surface area contributed by atoms with Gasteiger partial charge < -0.3 is 5.11 Å². The van der Waals surface area contributed by atoms with Crippen LogP contribution in [0.15, 0.2) is 4.79 Å². The first-order valence-corrected chi connectivity index (χ1v) is 5.37. The van der Waals surface area contributed by atoms with Crippen molar-refractivity contribution in [2.45, 2.75) is 20.4 Å². The molecular weight excluding hydrogens is 230 g/mol. The Labute approximate surface area is 94.1 Å². The highest BCUT2D eigenvalue weighted by atomic mass is 32.1. The van der Waals surface area contributed by atoms with Crippen molar-refractivity contribution in [1.29, 1.82) is 0 Å². The zero-order valence-corrected chi connectivity index (χ0v) is 9.54. The molecule has 0 saturated heterocycles. The Bertz CT molecular complexity index is 629. The highest BCUT2D eigenvalue weighted by Gasteiger charge is 2.14. The molecule has 0 bridgehead atoms. The molecule has 0 radical (unpaired) electrons. The topological polar surface area (TPSA) is 85.1 Å². The first-order valence-electron chi connectivity index (χ1n) is 4.56. The second kappa shape index (κ2) is 3.67. The van der Waals surface area contributed by atoms with Crippen LogP contribution in [-0.2, 0) is 11.3 Å². The van der Waals surface area contributed by atoms with Gasteiger partial charge in [0, 0.05) is 4.88 Å². The number of aromatic nitrogens is 3. The van der Waals surface area contributed by atoms with Crippen molar-refractivity contribution in [3.05, 3.63) is 20.8 Å². The molecule has 0 aromatic carbocycles. The van der Waals surface area contributed by atoms with Gasteiger partial charge in [-0.05, 0) is 19.4 Å². The molecule has 0 unspecified atom stereocenters. The molecule has 16 heavy (non-hydrogen) atoms. The summed E-state index contributed by atoms with van der Waals surface area (Å²) in [6.07, 6.45) is 0. The molecule has 0 aliphatic heterocycles. The molecule has 0 spiro atoms. The van der Waals surface area contributed by atoms with E-state index in [0.717, 1.165) is 15.1 Å². The molecule has 2 rings (SSSR count). The lowest BCUT2D eigenvalue weighted by molar-refractivity contribution is -0.138. The van der Waals surface area contributed by atoms with Gasteiger partial charge in [0.2, 0.25) is 0 Å². The maximum absolute atomic E-state index is 11.9. The Morgan fingerprint density at radius 2 is 2.19 bits per heavy atom. The number of carboxylic acid groups (broad SMARTS) is 1. The predicted octanol–water partition coefficient (Wildman–Crippen LogP) is 0.554. The quantitative estimate of drug-likeness (QED) is 0.827. The lowest BCUT2D eigenvalue weighted by atomic mass is 10.2. The van der Waals surface area contributed by atoms with Gasteiger partial charge in [0.25, 0.3) is 5.56 Å². The summed E-state index contributed by atoms with van der Waals surface area (Å²) in [5, 5.41) is 16.5. The van der Waals surface area contributed by atoms with E-state index in [1.807, 2.05) is 13.8 Å². The van der Waals surface area contributed by atoms with Crippen LogP contribution in [0.4, 0.5) is 0 Å². The monoisotopic (exact) mass is 239 g/mol. The van der Waals surface area contributed by atoms with Crippen molar-refractivity contribution in [2.75, 3.05) is 0 Å². The Morgan fingerprint density at radius 3 is 2.81 bits per heavy atom. The van der Waals surface area contributed by atoms with Crippen molar-refractivity contribution in [3.63, 3.8) is 0 Å². The molecule has 2 aromatic rings. The van der Waals surface area contributed by atoms with Gasteiger partial charge in [0.15, 0.2) is 4.83 Å². The van der Waals surface area contributed by atoms with E-state index in [4.69, 9.17) is 5.11 Å². The zero-order chi connectivity index (χ0) is 11.9. The minimum atomic E-state index is -1.11. The number of carbonyl (C=O) groups is 1. The van der Waals surface area contributed by atoms with Gasteiger partial charge >= 0.3 is 5.97 Å². The maximum atomic E-state index is 11.9. The van der Waals surface area contributed by atoms with Crippen LogP contribution in [0.3, 0.4) is 0 Å². The molecule has 84 valence electrons. The molecule has 0 atom stereocenters. The van der Waals surface area contributed by atoms with Gasteiger partial charge in [-0.3, -0.25) is 9.59 Å². The first kappa shape index (κ1) is 10.7. The van der Waals surface area contributed by atoms with Gasteiger partial charge in [-0.15, -0.1) is 16.4 Å². The lowest BCUT2D eigenvalue weighted by Gasteiger charge is -1.98. The standard InChI is InChI=1S/C9H9N3O3S/c1-4-5(2)16-8-7(4)9(15)12(11-10-8)3-6(13)14/h3H2,1-2H3,(H,13,14). The van der Waals surface area contributed by atoms with Crippen LogP contribution in [0, 0.1) is 13.8 Å². The van der Waals surface area contributed by atoms with E-state index in [1.54, 1.807) is 0 Å². The summed E-state index contributed by atoms with van der Waals surface area (Å²) in [7, 11) is 0. The minimum absolute atomic E-state index is 0.394. The summed E-state index contributed by atoms with van der Waals surface area (Å²) >= 11 is 1.39. The Hall–Kier alpha value is -1.76. The largest absolute Gasteiger partial charge is 0.480 e. The number of rotatable bonds is 2. The molecule has 2 heterocycles. The van der Waals surface area contributed by atoms with Gasteiger partial charge in [-0.2, -0.15) is 4.68 Å². The first-order chi connectivity index (χ1) is 7.50. The smallest absolute Gasteiger partial charge is 0.325 e. The highest BCUT2D eigenvalue weighted by Crippen LogP contribution is 2.24. The molecule has 2 aromatic heterocycles. The number of nitrogens with zero attached hydrogens (tertiary/aromatic N) is 3. The number of hydrogen-bond acceptors (Lipinski definition) is 5. The zero-order valence-electron chi connectivity index (χ0n) is 8.72. The summed E-state index contributed by atoms with van der Waals surface area (Å²) in [5.74, 6) is -1.11. The van der Waals surface area contributed by atoms with E-state index >= 15 is 0 Å². The predicted molar refractivity (Wildman–Crippen MR) is 58.8 cm³/mol. The average Bonchev–Trinajstić information content (AvgIpc) is 2.48. The van der Waals surface area contributed by atoms with Crippen LogP contribution in [-0.4, -0.2) is 26.1 Å².